The van der Waals surface area contributed by atoms with Crippen molar-refractivity contribution < 1.29 is 40.8 Å². The topological polar surface area (TPSA) is 107 Å². The standard InChI is InChI=1S/C8H12O9P3/c1-12-19(10,13-2)7-5-16-18(9)17-6-8-20(11,14-3)15-4/h1-4H3/q+1. The maximum absolute atomic E-state index is 11.4. The van der Waals surface area contributed by atoms with Gasteiger partial charge in [0, 0.05) is 33.0 Å². The molecule has 0 heterocycles. The first-order chi connectivity index (χ1) is 9.34. The van der Waals surface area contributed by atoms with Crippen molar-refractivity contribution in [3.63, 3.8) is 0 Å². The quantitative estimate of drug-likeness (QED) is 0.530. The van der Waals surface area contributed by atoms with Crippen LogP contribution in [0.25, 0.3) is 0 Å². The first-order valence-electron chi connectivity index (χ1n) is 4.63. The van der Waals surface area contributed by atoms with Crippen LogP contribution in [0.1, 0.15) is 0 Å². The second-order valence-corrected chi connectivity index (χ2v) is 7.27. The molecule has 0 unspecified atom stereocenters. The fraction of sp³-hybridized carbons (Fsp3) is 0.500. The van der Waals surface area contributed by atoms with Crippen molar-refractivity contribution in [1.82, 2.24) is 0 Å². The Hall–Kier alpha value is -0.880. The van der Waals surface area contributed by atoms with Crippen LogP contribution in [-0.2, 0) is 40.8 Å². The molecule has 0 atom stereocenters. The Bertz CT molecular complexity index is 485. The van der Waals surface area contributed by atoms with E-state index in [2.05, 4.69) is 27.1 Å². The third-order valence-corrected chi connectivity index (χ3v) is 4.70. The number of hydrogen-bond acceptors (Lipinski definition) is 9. The zero-order chi connectivity index (χ0) is 15.6. The molecule has 9 nitrogen and oxygen atoms in total. The Balaban J connectivity index is 4.49. The van der Waals surface area contributed by atoms with Crippen LogP contribution in [-0.4, -0.2) is 28.4 Å². The van der Waals surface area contributed by atoms with E-state index in [4.69, 9.17) is 0 Å². The van der Waals surface area contributed by atoms with E-state index in [0.717, 1.165) is 28.4 Å². The minimum Gasteiger partial charge on any atom is -0.303 e. The maximum Gasteiger partial charge on any atom is 0.824 e. The maximum atomic E-state index is 11.4. The van der Waals surface area contributed by atoms with Gasteiger partial charge in [0.15, 0.2) is 12.2 Å². The summed E-state index contributed by atoms with van der Waals surface area (Å²) in [5, 5.41) is 0. The lowest BCUT2D eigenvalue weighted by molar-refractivity contribution is 0.287. The van der Waals surface area contributed by atoms with Crippen molar-refractivity contribution in [2.24, 2.45) is 0 Å². The van der Waals surface area contributed by atoms with Gasteiger partial charge in [-0.05, 0) is 0 Å². The van der Waals surface area contributed by atoms with Crippen LogP contribution in [0.15, 0.2) is 0 Å². The van der Waals surface area contributed by atoms with E-state index in [0.29, 0.717) is 0 Å². The molecule has 0 aromatic carbocycles. The van der Waals surface area contributed by atoms with Gasteiger partial charge in [-0.3, -0.25) is 0 Å². The van der Waals surface area contributed by atoms with Crippen LogP contribution in [0.4, 0.5) is 0 Å². The van der Waals surface area contributed by atoms with E-state index in [1.807, 2.05) is 23.5 Å². The second kappa shape index (κ2) is 9.13. The summed E-state index contributed by atoms with van der Waals surface area (Å²) in [7, 11) is -5.47. The van der Waals surface area contributed by atoms with Crippen LogP contribution >= 0.6 is 23.4 Å². The molecule has 0 fully saturated rings. The fourth-order valence-electron chi connectivity index (χ4n) is 0.577. The lowest BCUT2D eigenvalue weighted by atomic mass is 11.3. The summed E-state index contributed by atoms with van der Waals surface area (Å²) in [6, 6.07) is 0. The van der Waals surface area contributed by atoms with Gasteiger partial charge in [-0.25, -0.2) is 9.13 Å². The van der Waals surface area contributed by atoms with Crippen molar-refractivity contribution in [1.29, 1.82) is 0 Å². The van der Waals surface area contributed by atoms with Crippen molar-refractivity contribution >= 4 is 23.4 Å². The fourth-order valence-corrected chi connectivity index (χ4v) is 1.98. The molecular formula is C8H12O9P3+. The third kappa shape index (κ3) is 7.05. The molecular weight excluding hydrogens is 333 g/mol. The minimum atomic E-state index is -3.59. The Morgan fingerprint density at radius 1 is 0.750 bits per heavy atom. The Kier molecular flexibility index (Phi) is 8.73. The van der Waals surface area contributed by atoms with Crippen LogP contribution in [0.5, 0.6) is 0 Å². The van der Waals surface area contributed by atoms with Crippen molar-refractivity contribution in [2.45, 2.75) is 0 Å². The minimum absolute atomic E-state index is 1.12. The average molecular weight is 345 g/mol. The Labute approximate surface area is 117 Å². The SMILES string of the molecule is COP(=O)(C#CO[P+](=O)OC#CP(=O)(OC)OC)OC. The van der Waals surface area contributed by atoms with Crippen molar-refractivity contribution in [3.8, 4) is 23.5 Å². The highest BCUT2D eigenvalue weighted by Crippen LogP contribution is 2.45. The first kappa shape index (κ1) is 19.1. The van der Waals surface area contributed by atoms with Gasteiger partial charge in [0.1, 0.15) is 0 Å². The van der Waals surface area contributed by atoms with Gasteiger partial charge < -0.3 is 18.1 Å². The predicted octanol–water partition coefficient (Wildman–Crippen LogP) is 2.49. The molecule has 12 heteroatoms. The molecule has 0 saturated carbocycles. The van der Waals surface area contributed by atoms with Crippen molar-refractivity contribution in [3.05, 3.63) is 0 Å². The average Bonchev–Trinajstić information content (AvgIpc) is 2.46. The summed E-state index contributed by atoms with van der Waals surface area (Å²) >= 11 is 0. The molecule has 0 amide bonds. The lowest BCUT2D eigenvalue weighted by Crippen LogP contribution is -1.84. The van der Waals surface area contributed by atoms with Gasteiger partial charge in [0.2, 0.25) is 0 Å². The molecule has 0 aromatic rings. The zero-order valence-electron chi connectivity index (χ0n) is 11.0. The zero-order valence-corrected chi connectivity index (χ0v) is 13.7. The van der Waals surface area contributed by atoms with Crippen LogP contribution < -0.4 is 0 Å². The van der Waals surface area contributed by atoms with Crippen LogP contribution in [0.2, 0.25) is 0 Å². The molecule has 20 heavy (non-hydrogen) atoms. The Morgan fingerprint density at radius 3 is 1.30 bits per heavy atom. The molecule has 0 aliphatic rings. The third-order valence-electron chi connectivity index (χ3n) is 1.57. The predicted molar refractivity (Wildman–Crippen MR) is 68.6 cm³/mol. The van der Waals surface area contributed by atoms with Crippen molar-refractivity contribution in [2.75, 3.05) is 28.4 Å². The first-order valence-corrected chi connectivity index (χ1v) is 8.81. The summed E-state index contributed by atoms with van der Waals surface area (Å²) in [4.78, 5) is 0. The van der Waals surface area contributed by atoms with Crippen LogP contribution in [0.3, 0.4) is 0 Å². The highest BCUT2D eigenvalue weighted by molar-refractivity contribution is 7.59. The monoisotopic (exact) mass is 345 g/mol. The van der Waals surface area contributed by atoms with Gasteiger partial charge in [0.25, 0.3) is 0 Å². The molecule has 0 aliphatic heterocycles. The second-order valence-electron chi connectivity index (χ2n) is 2.56. The summed E-state index contributed by atoms with van der Waals surface area (Å²) in [5.74, 6) is 0. The van der Waals surface area contributed by atoms with E-state index in [1.165, 1.54) is 0 Å². The molecule has 0 saturated heterocycles. The number of rotatable bonds is 6. The van der Waals surface area contributed by atoms with Crippen LogP contribution in [0, 0.1) is 23.5 Å². The molecule has 0 radical (unpaired) electrons. The summed E-state index contributed by atoms with van der Waals surface area (Å²) in [5.41, 5.74) is 3.96. The van der Waals surface area contributed by atoms with E-state index < -0.39 is 23.4 Å². The van der Waals surface area contributed by atoms with E-state index in [9.17, 15) is 13.7 Å². The van der Waals surface area contributed by atoms with E-state index >= 15 is 0 Å². The highest BCUT2D eigenvalue weighted by Gasteiger charge is 2.23. The van der Waals surface area contributed by atoms with E-state index in [-0.39, 0.29) is 0 Å². The highest BCUT2D eigenvalue weighted by atomic mass is 31.2. The summed E-state index contributed by atoms with van der Waals surface area (Å²) in [6.07, 6.45) is 3.66. The normalized spacial score (nSPS) is 10.6. The lowest BCUT2D eigenvalue weighted by Gasteiger charge is -2.03. The summed E-state index contributed by atoms with van der Waals surface area (Å²) < 4.78 is 60.5. The van der Waals surface area contributed by atoms with Gasteiger partial charge in [-0.2, -0.15) is 9.05 Å². The molecule has 0 spiro atoms. The molecule has 112 valence electrons. The van der Waals surface area contributed by atoms with Gasteiger partial charge in [-0.1, -0.05) is 0 Å². The molecule has 0 N–H and O–H groups in total. The van der Waals surface area contributed by atoms with Gasteiger partial charge in [-0.15, -0.1) is 0 Å². The largest absolute Gasteiger partial charge is 0.824 e. The van der Waals surface area contributed by atoms with Gasteiger partial charge >= 0.3 is 23.4 Å². The molecule has 0 rings (SSSR count). The van der Waals surface area contributed by atoms with E-state index in [1.54, 1.807) is 0 Å². The van der Waals surface area contributed by atoms with Gasteiger partial charge in [0.05, 0.1) is 11.3 Å². The number of hydrogen-bond donors (Lipinski definition) is 0. The molecule has 0 aliphatic carbocycles. The molecule has 0 bridgehead atoms. The summed E-state index contributed by atoms with van der Waals surface area (Å²) in [6.45, 7) is 0. The Morgan fingerprint density at radius 2 is 1.05 bits per heavy atom. The smallest absolute Gasteiger partial charge is 0.303 e. The molecule has 0 aromatic heterocycles.